The average Bonchev–Trinajstić information content (AvgIpc) is 2.68. The predicted octanol–water partition coefficient (Wildman–Crippen LogP) is 2.66. The minimum absolute atomic E-state index is 0.293. The topological polar surface area (TPSA) is 83.8 Å². The molecule has 17 heavy (non-hydrogen) atoms. The molecule has 0 unspecified atom stereocenters. The van der Waals surface area contributed by atoms with Crippen molar-refractivity contribution in [2.75, 3.05) is 11.1 Å². The maximum Gasteiger partial charge on any atom is 0.256 e. The van der Waals surface area contributed by atoms with Gasteiger partial charge in [0.05, 0.1) is 16.9 Å². The number of aromatic amines is 1. The molecule has 4 N–H and O–H groups in total. The molecular formula is C10H8BrClN4O. The fourth-order valence-corrected chi connectivity index (χ4v) is 1.71. The van der Waals surface area contributed by atoms with E-state index in [2.05, 4.69) is 31.4 Å². The first-order valence-corrected chi connectivity index (χ1v) is 5.80. The smallest absolute Gasteiger partial charge is 0.256 e. The van der Waals surface area contributed by atoms with Crippen molar-refractivity contribution in [2.24, 2.45) is 0 Å². The number of nitrogens with zero attached hydrogens (tertiary/aromatic N) is 1. The predicted molar refractivity (Wildman–Crippen MR) is 70.1 cm³/mol. The van der Waals surface area contributed by atoms with E-state index < -0.39 is 0 Å². The number of amides is 1. The molecule has 0 saturated heterocycles. The molecular weight excluding hydrogens is 307 g/mol. The number of carbonyl (C=O) groups is 1. The van der Waals surface area contributed by atoms with E-state index in [1.54, 1.807) is 18.2 Å². The van der Waals surface area contributed by atoms with Crippen molar-refractivity contribution in [3.8, 4) is 0 Å². The number of nitrogens with two attached hydrogens (primary N) is 1. The molecule has 0 radical (unpaired) electrons. The maximum atomic E-state index is 11.8. The molecule has 1 aromatic carbocycles. The SMILES string of the molecule is Nc1cn[nH]c1NC(=O)c1ccc(Cl)c(Br)c1. The zero-order chi connectivity index (χ0) is 12.4. The summed E-state index contributed by atoms with van der Waals surface area (Å²) in [5, 5.41) is 9.44. The van der Waals surface area contributed by atoms with Gasteiger partial charge in [0, 0.05) is 10.0 Å². The van der Waals surface area contributed by atoms with Crippen LogP contribution < -0.4 is 11.1 Å². The quantitative estimate of drug-likeness (QED) is 0.796. The number of rotatable bonds is 2. The first-order valence-electron chi connectivity index (χ1n) is 4.63. The van der Waals surface area contributed by atoms with Gasteiger partial charge in [0.15, 0.2) is 5.82 Å². The third-order valence-corrected chi connectivity index (χ3v) is 3.30. The van der Waals surface area contributed by atoms with Crippen LogP contribution in [0.1, 0.15) is 10.4 Å². The van der Waals surface area contributed by atoms with Crippen LogP contribution in [0.3, 0.4) is 0 Å². The summed E-state index contributed by atoms with van der Waals surface area (Å²) in [6, 6.07) is 4.88. The highest BCUT2D eigenvalue weighted by molar-refractivity contribution is 9.10. The van der Waals surface area contributed by atoms with Crippen molar-refractivity contribution in [2.45, 2.75) is 0 Å². The second-order valence-electron chi connectivity index (χ2n) is 3.28. The van der Waals surface area contributed by atoms with Gasteiger partial charge in [0.1, 0.15) is 0 Å². The molecule has 0 spiro atoms. The first kappa shape index (κ1) is 11.9. The minimum atomic E-state index is -0.293. The molecule has 1 heterocycles. The van der Waals surface area contributed by atoms with Crippen LogP contribution in [0.5, 0.6) is 0 Å². The highest BCUT2D eigenvalue weighted by Gasteiger charge is 2.10. The summed E-state index contributed by atoms with van der Waals surface area (Å²) >= 11 is 9.09. The molecule has 2 rings (SSSR count). The summed E-state index contributed by atoms with van der Waals surface area (Å²) in [7, 11) is 0. The number of nitrogens with one attached hydrogen (secondary N) is 2. The summed E-state index contributed by atoms with van der Waals surface area (Å²) in [6.07, 6.45) is 1.42. The standard InChI is InChI=1S/C10H8BrClN4O/c11-6-3-5(1-2-7(6)12)10(17)15-9-8(13)4-14-16-9/h1-4H,13H2,(H2,14,15,16,17). The zero-order valence-corrected chi connectivity index (χ0v) is 10.8. The molecule has 0 saturated carbocycles. The van der Waals surface area contributed by atoms with Crippen LogP contribution in [0, 0.1) is 0 Å². The third-order valence-electron chi connectivity index (χ3n) is 2.09. The molecule has 88 valence electrons. The third kappa shape index (κ3) is 2.59. The van der Waals surface area contributed by atoms with Crippen LogP contribution in [0.25, 0.3) is 0 Å². The van der Waals surface area contributed by atoms with Gasteiger partial charge in [0.2, 0.25) is 0 Å². The van der Waals surface area contributed by atoms with E-state index in [9.17, 15) is 4.79 Å². The Balaban J connectivity index is 2.20. The Bertz CT molecular complexity index is 569. The number of anilines is 2. The van der Waals surface area contributed by atoms with Gasteiger partial charge in [-0.05, 0) is 34.1 Å². The monoisotopic (exact) mass is 314 g/mol. The maximum absolute atomic E-state index is 11.8. The fraction of sp³-hybridized carbons (Fsp3) is 0. The molecule has 0 bridgehead atoms. The number of halogens is 2. The Morgan fingerprint density at radius 2 is 2.29 bits per heavy atom. The van der Waals surface area contributed by atoms with Crippen molar-refractivity contribution in [1.82, 2.24) is 10.2 Å². The molecule has 1 aromatic heterocycles. The second-order valence-corrected chi connectivity index (χ2v) is 4.54. The normalized spacial score (nSPS) is 10.2. The number of benzene rings is 1. The summed E-state index contributed by atoms with van der Waals surface area (Å²) in [5.74, 6) is 0.0828. The number of aromatic nitrogens is 2. The number of H-pyrrole nitrogens is 1. The highest BCUT2D eigenvalue weighted by atomic mass is 79.9. The lowest BCUT2D eigenvalue weighted by atomic mass is 10.2. The average molecular weight is 316 g/mol. The van der Waals surface area contributed by atoms with Gasteiger partial charge in [-0.1, -0.05) is 11.6 Å². The molecule has 0 fully saturated rings. The van der Waals surface area contributed by atoms with Crippen LogP contribution in [-0.4, -0.2) is 16.1 Å². The molecule has 0 aliphatic heterocycles. The molecule has 5 nitrogen and oxygen atoms in total. The van der Waals surface area contributed by atoms with Crippen LogP contribution in [0.4, 0.5) is 11.5 Å². The molecule has 0 aliphatic rings. The minimum Gasteiger partial charge on any atom is -0.394 e. The summed E-state index contributed by atoms with van der Waals surface area (Å²) in [4.78, 5) is 11.8. The van der Waals surface area contributed by atoms with Gasteiger partial charge in [-0.25, -0.2) is 0 Å². The molecule has 0 atom stereocenters. The van der Waals surface area contributed by atoms with E-state index in [-0.39, 0.29) is 5.91 Å². The van der Waals surface area contributed by atoms with Gasteiger partial charge >= 0.3 is 0 Å². The number of hydrogen-bond donors (Lipinski definition) is 3. The zero-order valence-electron chi connectivity index (χ0n) is 8.50. The van der Waals surface area contributed by atoms with Crippen molar-refractivity contribution in [3.05, 3.63) is 39.5 Å². The van der Waals surface area contributed by atoms with E-state index in [1.165, 1.54) is 6.20 Å². The summed E-state index contributed by atoms with van der Waals surface area (Å²) in [5.41, 5.74) is 6.43. The van der Waals surface area contributed by atoms with Crippen LogP contribution in [0.15, 0.2) is 28.9 Å². The van der Waals surface area contributed by atoms with Crippen LogP contribution >= 0.6 is 27.5 Å². The van der Waals surface area contributed by atoms with E-state index in [4.69, 9.17) is 17.3 Å². The van der Waals surface area contributed by atoms with E-state index in [0.29, 0.717) is 26.6 Å². The fourth-order valence-electron chi connectivity index (χ4n) is 1.22. The van der Waals surface area contributed by atoms with Crippen molar-refractivity contribution >= 4 is 44.9 Å². The van der Waals surface area contributed by atoms with Crippen LogP contribution in [-0.2, 0) is 0 Å². The number of carbonyl (C=O) groups excluding carboxylic acids is 1. The molecule has 0 aliphatic carbocycles. The Morgan fingerprint density at radius 1 is 1.53 bits per heavy atom. The number of nitrogen functional groups attached to an aromatic ring is 1. The Morgan fingerprint density at radius 3 is 2.88 bits per heavy atom. The van der Waals surface area contributed by atoms with Gasteiger partial charge < -0.3 is 11.1 Å². The Hall–Kier alpha value is -1.53. The highest BCUT2D eigenvalue weighted by Crippen LogP contribution is 2.24. The molecule has 2 aromatic rings. The summed E-state index contributed by atoms with van der Waals surface area (Å²) < 4.78 is 0.657. The Kier molecular flexibility index (Phi) is 3.35. The van der Waals surface area contributed by atoms with E-state index >= 15 is 0 Å². The van der Waals surface area contributed by atoms with Gasteiger partial charge in [-0.2, -0.15) is 5.10 Å². The lowest BCUT2D eigenvalue weighted by Gasteiger charge is -2.04. The first-order chi connectivity index (χ1) is 8.08. The van der Waals surface area contributed by atoms with Gasteiger partial charge in [0.25, 0.3) is 5.91 Å². The van der Waals surface area contributed by atoms with Crippen molar-refractivity contribution in [1.29, 1.82) is 0 Å². The lowest BCUT2D eigenvalue weighted by molar-refractivity contribution is 0.102. The largest absolute Gasteiger partial charge is 0.394 e. The van der Waals surface area contributed by atoms with Crippen molar-refractivity contribution in [3.63, 3.8) is 0 Å². The van der Waals surface area contributed by atoms with E-state index in [0.717, 1.165) is 0 Å². The molecule has 7 heteroatoms. The summed E-state index contributed by atoms with van der Waals surface area (Å²) in [6.45, 7) is 0. The lowest BCUT2D eigenvalue weighted by Crippen LogP contribution is -2.13. The molecule has 1 amide bonds. The van der Waals surface area contributed by atoms with Crippen molar-refractivity contribution < 1.29 is 4.79 Å². The number of hydrogen-bond acceptors (Lipinski definition) is 3. The van der Waals surface area contributed by atoms with Crippen LogP contribution in [0.2, 0.25) is 5.02 Å². The Labute approximate surface area is 110 Å². The second kappa shape index (κ2) is 4.77. The van der Waals surface area contributed by atoms with E-state index in [1.807, 2.05) is 0 Å². The van der Waals surface area contributed by atoms with Gasteiger partial charge in [-0.3, -0.25) is 9.89 Å². The van der Waals surface area contributed by atoms with Gasteiger partial charge in [-0.15, -0.1) is 0 Å².